The van der Waals surface area contributed by atoms with Crippen molar-refractivity contribution in [2.75, 3.05) is 24.6 Å². The van der Waals surface area contributed by atoms with E-state index in [1.807, 2.05) is 0 Å². The number of nitrogens with zero attached hydrogens (tertiary/aromatic N) is 1. The Labute approximate surface area is 124 Å². The van der Waals surface area contributed by atoms with Gasteiger partial charge in [0.15, 0.2) is 0 Å². The summed E-state index contributed by atoms with van der Waals surface area (Å²) in [6.45, 7) is 6.59. The number of aryl methyl sites for hydroxylation is 1. The van der Waals surface area contributed by atoms with Gasteiger partial charge < -0.3 is 15.3 Å². The Morgan fingerprint density at radius 3 is 2.95 bits per heavy atom. The predicted molar refractivity (Wildman–Crippen MR) is 83.8 cm³/mol. The van der Waals surface area contributed by atoms with E-state index in [1.54, 1.807) is 0 Å². The maximum atomic E-state index is 9.16. The minimum absolute atomic E-state index is 0.245. The third-order valence-electron chi connectivity index (χ3n) is 3.83. The fourth-order valence-corrected chi connectivity index (χ4v) is 3.38. The van der Waals surface area contributed by atoms with Crippen LogP contribution in [0.3, 0.4) is 0 Å². The van der Waals surface area contributed by atoms with Crippen molar-refractivity contribution >= 4 is 21.6 Å². The monoisotopic (exact) mass is 326 g/mol. The van der Waals surface area contributed by atoms with Crippen LogP contribution in [0.5, 0.6) is 0 Å². The SMILES string of the molecule is Cc1ccc(N2CC(CCO)NCCC2C)c(Br)c1. The second kappa shape index (κ2) is 6.73. The van der Waals surface area contributed by atoms with Gasteiger partial charge in [0.1, 0.15) is 0 Å². The largest absolute Gasteiger partial charge is 0.396 e. The lowest BCUT2D eigenvalue weighted by Crippen LogP contribution is -2.40. The highest BCUT2D eigenvalue weighted by atomic mass is 79.9. The number of benzene rings is 1. The summed E-state index contributed by atoms with van der Waals surface area (Å²) in [7, 11) is 0. The molecule has 106 valence electrons. The average Bonchev–Trinajstić information content (AvgIpc) is 2.53. The first-order valence-corrected chi connectivity index (χ1v) is 7.78. The smallest absolute Gasteiger partial charge is 0.0513 e. The van der Waals surface area contributed by atoms with Gasteiger partial charge >= 0.3 is 0 Å². The number of hydrogen-bond donors (Lipinski definition) is 2. The molecule has 4 heteroatoms. The Bertz CT molecular complexity index is 425. The summed E-state index contributed by atoms with van der Waals surface area (Å²) in [4.78, 5) is 2.45. The van der Waals surface area contributed by atoms with E-state index in [1.165, 1.54) is 11.3 Å². The Kier molecular flexibility index (Phi) is 5.25. The number of nitrogens with one attached hydrogen (secondary N) is 1. The first-order chi connectivity index (χ1) is 9.11. The molecule has 1 fully saturated rings. The number of aliphatic hydroxyl groups excluding tert-OH is 1. The zero-order valence-electron chi connectivity index (χ0n) is 11.7. The molecule has 0 aromatic heterocycles. The molecule has 1 aromatic rings. The van der Waals surface area contributed by atoms with Gasteiger partial charge in [-0.1, -0.05) is 6.07 Å². The van der Waals surface area contributed by atoms with Crippen LogP contribution in [0.1, 0.15) is 25.3 Å². The molecular formula is C15H23BrN2O. The minimum atomic E-state index is 0.245. The Morgan fingerprint density at radius 1 is 1.47 bits per heavy atom. The van der Waals surface area contributed by atoms with Crippen LogP contribution in [-0.4, -0.2) is 36.9 Å². The lowest BCUT2D eigenvalue weighted by molar-refractivity contribution is 0.267. The Hall–Kier alpha value is -0.580. The maximum absolute atomic E-state index is 9.16. The normalized spacial score (nSPS) is 24.3. The number of halogens is 1. The molecule has 1 aliphatic rings. The van der Waals surface area contributed by atoms with E-state index in [0.29, 0.717) is 12.1 Å². The van der Waals surface area contributed by atoms with Crippen molar-refractivity contribution in [1.82, 2.24) is 5.32 Å². The molecule has 19 heavy (non-hydrogen) atoms. The maximum Gasteiger partial charge on any atom is 0.0513 e. The van der Waals surface area contributed by atoms with Gasteiger partial charge in [-0.15, -0.1) is 0 Å². The summed E-state index contributed by atoms with van der Waals surface area (Å²) in [6, 6.07) is 7.39. The van der Waals surface area contributed by atoms with Gasteiger partial charge in [0.2, 0.25) is 0 Å². The van der Waals surface area contributed by atoms with Crippen molar-refractivity contribution in [2.24, 2.45) is 0 Å². The summed E-state index contributed by atoms with van der Waals surface area (Å²) in [5.41, 5.74) is 2.52. The first kappa shape index (κ1) is 14.8. The highest BCUT2D eigenvalue weighted by Gasteiger charge is 2.24. The summed E-state index contributed by atoms with van der Waals surface area (Å²) in [5, 5.41) is 12.7. The van der Waals surface area contributed by atoms with E-state index in [2.05, 4.69) is 58.2 Å². The molecule has 2 atom stereocenters. The molecule has 0 aliphatic carbocycles. The zero-order chi connectivity index (χ0) is 13.8. The van der Waals surface area contributed by atoms with Gasteiger partial charge in [0.25, 0.3) is 0 Å². The van der Waals surface area contributed by atoms with E-state index >= 15 is 0 Å². The predicted octanol–water partition coefficient (Wildman–Crippen LogP) is 2.70. The lowest BCUT2D eigenvalue weighted by atomic mass is 10.1. The van der Waals surface area contributed by atoms with Crippen LogP contribution in [0.2, 0.25) is 0 Å². The molecule has 1 saturated heterocycles. The quantitative estimate of drug-likeness (QED) is 0.896. The minimum Gasteiger partial charge on any atom is -0.396 e. The van der Waals surface area contributed by atoms with E-state index in [-0.39, 0.29) is 6.61 Å². The topological polar surface area (TPSA) is 35.5 Å². The van der Waals surface area contributed by atoms with Crippen LogP contribution >= 0.6 is 15.9 Å². The molecule has 2 rings (SSSR count). The Balaban J connectivity index is 2.23. The van der Waals surface area contributed by atoms with Crippen molar-refractivity contribution in [3.63, 3.8) is 0 Å². The molecule has 0 saturated carbocycles. The van der Waals surface area contributed by atoms with E-state index in [9.17, 15) is 0 Å². The third-order valence-corrected chi connectivity index (χ3v) is 4.47. The summed E-state index contributed by atoms with van der Waals surface area (Å²) in [5.74, 6) is 0. The molecule has 2 N–H and O–H groups in total. The molecule has 1 aromatic carbocycles. The lowest BCUT2D eigenvalue weighted by Gasteiger charge is -2.32. The van der Waals surface area contributed by atoms with Crippen molar-refractivity contribution in [3.8, 4) is 0 Å². The van der Waals surface area contributed by atoms with Crippen LogP contribution in [0.15, 0.2) is 22.7 Å². The van der Waals surface area contributed by atoms with Crippen molar-refractivity contribution in [1.29, 1.82) is 0 Å². The van der Waals surface area contributed by atoms with Crippen LogP contribution in [0.25, 0.3) is 0 Å². The molecule has 1 aliphatic heterocycles. The highest BCUT2D eigenvalue weighted by Crippen LogP contribution is 2.30. The molecular weight excluding hydrogens is 304 g/mol. The van der Waals surface area contributed by atoms with E-state index in [4.69, 9.17) is 5.11 Å². The second-order valence-corrected chi connectivity index (χ2v) is 6.26. The number of rotatable bonds is 3. The summed E-state index contributed by atoms with van der Waals surface area (Å²) in [6.07, 6.45) is 1.94. The van der Waals surface area contributed by atoms with Gasteiger partial charge in [-0.25, -0.2) is 0 Å². The van der Waals surface area contributed by atoms with Gasteiger partial charge in [0, 0.05) is 29.7 Å². The first-order valence-electron chi connectivity index (χ1n) is 6.99. The second-order valence-electron chi connectivity index (χ2n) is 5.41. The van der Waals surface area contributed by atoms with Crippen LogP contribution < -0.4 is 10.2 Å². The Morgan fingerprint density at radius 2 is 2.26 bits per heavy atom. The fourth-order valence-electron chi connectivity index (χ4n) is 2.66. The van der Waals surface area contributed by atoms with Gasteiger partial charge in [-0.05, 0) is 66.9 Å². The summed E-state index contributed by atoms with van der Waals surface area (Å²) >= 11 is 3.68. The van der Waals surface area contributed by atoms with Crippen LogP contribution in [0, 0.1) is 6.92 Å². The zero-order valence-corrected chi connectivity index (χ0v) is 13.3. The number of hydrogen-bond acceptors (Lipinski definition) is 3. The summed E-state index contributed by atoms with van der Waals surface area (Å²) < 4.78 is 1.16. The van der Waals surface area contributed by atoms with Crippen molar-refractivity contribution < 1.29 is 5.11 Å². The third kappa shape index (κ3) is 3.71. The molecule has 0 radical (unpaired) electrons. The molecule has 3 nitrogen and oxygen atoms in total. The molecule has 0 spiro atoms. The molecule has 2 unspecified atom stereocenters. The molecule has 0 bridgehead atoms. The number of aliphatic hydroxyl groups is 1. The van der Waals surface area contributed by atoms with E-state index in [0.717, 1.165) is 30.4 Å². The average molecular weight is 327 g/mol. The van der Waals surface area contributed by atoms with Crippen molar-refractivity contribution in [2.45, 2.75) is 38.8 Å². The van der Waals surface area contributed by atoms with Gasteiger partial charge in [0.05, 0.1) is 5.69 Å². The van der Waals surface area contributed by atoms with E-state index < -0.39 is 0 Å². The van der Waals surface area contributed by atoms with Gasteiger partial charge in [-0.2, -0.15) is 0 Å². The highest BCUT2D eigenvalue weighted by molar-refractivity contribution is 9.10. The van der Waals surface area contributed by atoms with Crippen LogP contribution in [0.4, 0.5) is 5.69 Å². The fraction of sp³-hybridized carbons (Fsp3) is 0.600. The standard InChI is InChI=1S/C15H23BrN2O/c1-11-3-4-15(14(16)9-11)18-10-13(6-8-19)17-7-5-12(18)2/h3-4,9,12-13,17,19H,5-8,10H2,1-2H3. The van der Waals surface area contributed by atoms with Crippen molar-refractivity contribution in [3.05, 3.63) is 28.2 Å². The number of anilines is 1. The van der Waals surface area contributed by atoms with Gasteiger partial charge in [-0.3, -0.25) is 0 Å². The molecule has 0 amide bonds. The van der Waals surface area contributed by atoms with Crippen LogP contribution in [-0.2, 0) is 0 Å². The molecule has 1 heterocycles.